The first kappa shape index (κ1) is 7.98. The highest BCUT2D eigenvalue weighted by atomic mass is 16.5. The third-order valence-corrected chi connectivity index (χ3v) is 2.26. The molecule has 1 atom stereocenters. The van der Waals surface area contributed by atoms with Crippen molar-refractivity contribution in [3.8, 4) is 0 Å². The van der Waals surface area contributed by atoms with Crippen molar-refractivity contribution in [3.05, 3.63) is 0 Å². The van der Waals surface area contributed by atoms with Gasteiger partial charge in [0, 0.05) is 25.2 Å². The lowest BCUT2D eigenvalue weighted by Crippen LogP contribution is -2.31. The van der Waals surface area contributed by atoms with E-state index in [1.807, 2.05) is 0 Å². The van der Waals surface area contributed by atoms with Crippen LogP contribution in [0.1, 0.15) is 12.8 Å². The molecule has 1 heterocycles. The fourth-order valence-electron chi connectivity index (χ4n) is 1.35. The van der Waals surface area contributed by atoms with Gasteiger partial charge in [0.25, 0.3) is 0 Å². The van der Waals surface area contributed by atoms with E-state index in [0.717, 1.165) is 26.1 Å². The molecule has 0 aromatic rings. The van der Waals surface area contributed by atoms with Gasteiger partial charge in [-0.1, -0.05) is 0 Å². The molecule has 3 heteroatoms. The molecule has 0 saturated carbocycles. The first-order chi connectivity index (χ1) is 4.83. The van der Waals surface area contributed by atoms with E-state index in [9.17, 15) is 0 Å². The molecule has 1 aliphatic rings. The van der Waals surface area contributed by atoms with Crippen molar-refractivity contribution in [2.45, 2.75) is 12.8 Å². The van der Waals surface area contributed by atoms with Gasteiger partial charge in [0.2, 0.25) is 0 Å². The zero-order valence-electron chi connectivity index (χ0n) is 6.18. The quantitative estimate of drug-likeness (QED) is 0.575. The van der Waals surface area contributed by atoms with Gasteiger partial charge in [0.05, 0.1) is 6.61 Å². The number of hydrogen-bond donors (Lipinski definition) is 2. The van der Waals surface area contributed by atoms with Crippen LogP contribution < -0.4 is 5.73 Å². The van der Waals surface area contributed by atoms with Crippen molar-refractivity contribution in [3.63, 3.8) is 0 Å². The molecule has 0 aromatic heterocycles. The second-order valence-corrected chi connectivity index (χ2v) is 2.98. The van der Waals surface area contributed by atoms with Gasteiger partial charge in [0.15, 0.2) is 0 Å². The molecule has 1 saturated heterocycles. The molecule has 3 N–H and O–H groups in total. The number of nitrogens with two attached hydrogens (primary N) is 1. The average molecular weight is 145 g/mol. The molecule has 0 aliphatic carbocycles. The zero-order valence-corrected chi connectivity index (χ0v) is 6.18. The molecule has 0 radical (unpaired) electrons. The average Bonchev–Trinajstić information content (AvgIpc) is 2.39. The molecule has 10 heavy (non-hydrogen) atoms. The maximum atomic E-state index is 8.71. The third-order valence-electron chi connectivity index (χ3n) is 2.26. The Bertz CT molecular complexity index is 99.8. The van der Waals surface area contributed by atoms with Gasteiger partial charge in [-0.15, -0.1) is 0 Å². The fraction of sp³-hybridized carbons (Fsp3) is 1.00. The largest absolute Gasteiger partial charge is 0.396 e. The normalized spacial score (nSPS) is 33.0. The summed E-state index contributed by atoms with van der Waals surface area (Å²) in [7, 11) is 0. The van der Waals surface area contributed by atoms with Gasteiger partial charge in [-0.05, 0) is 12.8 Å². The minimum absolute atomic E-state index is 0.0920. The summed E-state index contributed by atoms with van der Waals surface area (Å²) < 4.78 is 5.21. The lowest BCUT2D eigenvalue weighted by molar-refractivity contribution is 0.131. The molecule has 1 fully saturated rings. The monoisotopic (exact) mass is 145 g/mol. The summed E-state index contributed by atoms with van der Waals surface area (Å²) in [6.07, 6.45) is 1.79. The Morgan fingerprint density at radius 2 is 2.40 bits per heavy atom. The number of hydrogen-bond acceptors (Lipinski definition) is 3. The first-order valence-corrected chi connectivity index (χ1v) is 3.72. The van der Waals surface area contributed by atoms with Crippen LogP contribution >= 0.6 is 0 Å². The summed E-state index contributed by atoms with van der Waals surface area (Å²) >= 11 is 0. The molecular weight excluding hydrogens is 130 g/mol. The van der Waals surface area contributed by atoms with Crippen LogP contribution in [0.5, 0.6) is 0 Å². The summed E-state index contributed by atoms with van der Waals surface area (Å²) in [6, 6.07) is 0. The van der Waals surface area contributed by atoms with Crippen LogP contribution in [0.2, 0.25) is 0 Å². The van der Waals surface area contributed by atoms with Crippen LogP contribution in [-0.4, -0.2) is 31.5 Å². The van der Waals surface area contributed by atoms with E-state index in [4.69, 9.17) is 15.6 Å². The van der Waals surface area contributed by atoms with Crippen molar-refractivity contribution in [1.82, 2.24) is 0 Å². The van der Waals surface area contributed by atoms with Gasteiger partial charge in [0.1, 0.15) is 0 Å². The lowest BCUT2D eigenvalue weighted by atomic mass is 9.84. The van der Waals surface area contributed by atoms with Gasteiger partial charge in [-0.3, -0.25) is 0 Å². The molecule has 3 nitrogen and oxygen atoms in total. The smallest absolute Gasteiger partial charge is 0.0536 e. The van der Waals surface area contributed by atoms with Gasteiger partial charge < -0.3 is 15.6 Å². The second kappa shape index (κ2) is 3.32. The predicted octanol–water partition coefficient (Wildman–Crippen LogP) is -0.266. The van der Waals surface area contributed by atoms with Crippen molar-refractivity contribution in [2.75, 3.05) is 26.4 Å². The number of aliphatic hydroxyl groups is 1. The van der Waals surface area contributed by atoms with E-state index in [1.165, 1.54) is 0 Å². The predicted molar refractivity (Wildman–Crippen MR) is 38.6 cm³/mol. The van der Waals surface area contributed by atoms with Crippen LogP contribution in [-0.2, 0) is 4.74 Å². The Kier molecular flexibility index (Phi) is 2.65. The number of aliphatic hydroxyl groups excluding tert-OH is 1. The second-order valence-electron chi connectivity index (χ2n) is 2.98. The standard InChI is InChI=1S/C7H15NO2/c8-5-7(1-3-9)2-4-10-6-7/h9H,1-6,8H2/t7-/m0/s1. The third kappa shape index (κ3) is 1.48. The summed E-state index contributed by atoms with van der Waals surface area (Å²) in [5, 5.41) is 8.71. The van der Waals surface area contributed by atoms with Crippen LogP contribution in [0.25, 0.3) is 0 Å². The highest BCUT2D eigenvalue weighted by Gasteiger charge is 2.32. The Hall–Kier alpha value is -0.120. The molecule has 0 bridgehead atoms. The van der Waals surface area contributed by atoms with Crippen molar-refractivity contribution >= 4 is 0 Å². The van der Waals surface area contributed by atoms with E-state index in [1.54, 1.807) is 0 Å². The fourth-order valence-corrected chi connectivity index (χ4v) is 1.35. The SMILES string of the molecule is NC[C@]1(CCO)CCOC1. The van der Waals surface area contributed by atoms with Crippen molar-refractivity contribution < 1.29 is 9.84 Å². The zero-order chi connectivity index (χ0) is 7.45. The minimum atomic E-state index is 0.0920. The maximum Gasteiger partial charge on any atom is 0.0536 e. The van der Waals surface area contributed by atoms with Gasteiger partial charge in [-0.25, -0.2) is 0 Å². The van der Waals surface area contributed by atoms with Crippen molar-refractivity contribution in [1.29, 1.82) is 0 Å². The van der Waals surface area contributed by atoms with Crippen molar-refractivity contribution in [2.24, 2.45) is 11.1 Å². The summed E-state index contributed by atoms with van der Waals surface area (Å²) in [4.78, 5) is 0. The number of rotatable bonds is 3. The highest BCUT2D eigenvalue weighted by Crippen LogP contribution is 2.30. The van der Waals surface area contributed by atoms with E-state index in [2.05, 4.69) is 0 Å². The first-order valence-electron chi connectivity index (χ1n) is 3.72. The molecule has 0 amide bonds. The Morgan fingerprint density at radius 3 is 2.80 bits per heavy atom. The highest BCUT2D eigenvalue weighted by molar-refractivity contribution is 4.83. The van der Waals surface area contributed by atoms with E-state index < -0.39 is 0 Å². The Labute approximate surface area is 61.2 Å². The molecule has 60 valence electrons. The topological polar surface area (TPSA) is 55.5 Å². The van der Waals surface area contributed by atoms with Crippen LogP contribution in [0.4, 0.5) is 0 Å². The molecule has 0 aromatic carbocycles. The Morgan fingerprint density at radius 1 is 1.60 bits per heavy atom. The summed E-state index contributed by atoms with van der Waals surface area (Å²) in [6.45, 7) is 2.38. The maximum absolute atomic E-state index is 8.71. The minimum Gasteiger partial charge on any atom is -0.396 e. The molecule has 0 spiro atoms. The Balaban J connectivity index is 2.41. The summed E-state index contributed by atoms with van der Waals surface area (Å²) in [5.41, 5.74) is 5.66. The molecule has 1 rings (SSSR count). The van der Waals surface area contributed by atoms with Crippen LogP contribution in [0.15, 0.2) is 0 Å². The van der Waals surface area contributed by atoms with E-state index in [-0.39, 0.29) is 12.0 Å². The van der Waals surface area contributed by atoms with Crippen LogP contribution in [0.3, 0.4) is 0 Å². The number of ether oxygens (including phenoxy) is 1. The van der Waals surface area contributed by atoms with Crippen LogP contribution in [0, 0.1) is 5.41 Å². The lowest BCUT2D eigenvalue weighted by Gasteiger charge is -2.23. The van der Waals surface area contributed by atoms with E-state index >= 15 is 0 Å². The molecule has 0 unspecified atom stereocenters. The van der Waals surface area contributed by atoms with Gasteiger partial charge in [-0.2, -0.15) is 0 Å². The molecular formula is C7H15NO2. The van der Waals surface area contributed by atoms with Gasteiger partial charge >= 0.3 is 0 Å². The molecule has 1 aliphatic heterocycles. The van der Waals surface area contributed by atoms with E-state index in [0.29, 0.717) is 6.54 Å². The summed E-state index contributed by atoms with van der Waals surface area (Å²) in [5.74, 6) is 0.